The fourth-order valence-electron chi connectivity index (χ4n) is 2.31. The summed E-state index contributed by atoms with van der Waals surface area (Å²) in [5.41, 5.74) is -0.159. The first-order chi connectivity index (χ1) is 9.32. The van der Waals surface area contributed by atoms with Crippen LogP contribution in [0.5, 0.6) is 0 Å². The van der Waals surface area contributed by atoms with Crippen molar-refractivity contribution in [2.75, 3.05) is 20.3 Å². The van der Waals surface area contributed by atoms with Crippen molar-refractivity contribution in [1.82, 2.24) is 10.6 Å². The Balaban J connectivity index is 2.45. The zero-order valence-electron chi connectivity index (χ0n) is 12.4. The molecule has 3 unspecified atom stereocenters. The van der Waals surface area contributed by atoms with E-state index in [2.05, 4.69) is 10.6 Å². The van der Waals surface area contributed by atoms with Crippen LogP contribution in [-0.2, 0) is 14.3 Å². The van der Waals surface area contributed by atoms with E-state index in [0.717, 1.165) is 6.42 Å². The van der Waals surface area contributed by atoms with E-state index in [0.29, 0.717) is 6.61 Å². The van der Waals surface area contributed by atoms with Gasteiger partial charge in [-0.3, -0.25) is 0 Å². The van der Waals surface area contributed by atoms with Gasteiger partial charge in [0.05, 0.1) is 12.7 Å². The predicted octanol–water partition coefficient (Wildman–Crippen LogP) is 0.589. The molecular weight excluding hydrogens is 264 g/mol. The van der Waals surface area contributed by atoms with Crippen molar-refractivity contribution in [2.24, 2.45) is 5.41 Å². The zero-order chi connectivity index (χ0) is 15.3. The Labute approximate surface area is 119 Å². The minimum Gasteiger partial charge on any atom is -0.480 e. The quantitative estimate of drug-likeness (QED) is 0.637. The molecule has 0 aliphatic heterocycles. The number of ether oxygens (including phenoxy) is 2. The Morgan fingerprint density at radius 3 is 2.55 bits per heavy atom. The third-order valence-electron chi connectivity index (χ3n) is 3.79. The maximum absolute atomic E-state index is 11.8. The molecule has 2 amide bonds. The molecule has 0 aromatic carbocycles. The third-order valence-corrected chi connectivity index (χ3v) is 3.79. The Hall–Kier alpha value is -1.34. The maximum atomic E-state index is 11.8. The van der Waals surface area contributed by atoms with Crippen LogP contribution in [0.1, 0.15) is 27.2 Å². The Morgan fingerprint density at radius 2 is 2.10 bits per heavy atom. The maximum Gasteiger partial charge on any atom is 0.328 e. The van der Waals surface area contributed by atoms with Crippen LogP contribution in [0.3, 0.4) is 0 Å². The summed E-state index contributed by atoms with van der Waals surface area (Å²) in [6, 6.07) is -1.58. The molecule has 7 heteroatoms. The summed E-state index contributed by atoms with van der Waals surface area (Å²) in [7, 11) is 1.39. The number of hydrogen-bond acceptors (Lipinski definition) is 4. The van der Waals surface area contributed by atoms with Gasteiger partial charge in [-0.25, -0.2) is 9.59 Å². The summed E-state index contributed by atoms with van der Waals surface area (Å²) >= 11 is 0. The third kappa shape index (κ3) is 3.83. The van der Waals surface area contributed by atoms with E-state index in [9.17, 15) is 9.59 Å². The molecule has 0 bridgehead atoms. The normalized spacial score (nSPS) is 25.4. The highest BCUT2D eigenvalue weighted by atomic mass is 16.5. The summed E-state index contributed by atoms with van der Waals surface area (Å²) in [5.74, 6) is -1.12. The number of carboxylic acids is 1. The minimum absolute atomic E-state index is 0.0314. The van der Waals surface area contributed by atoms with Crippen LogP contribution in [0, 0.1) is 5.41 Å². The molecule has 0 radical (unpaired) electrons. The largest absolute Gasteiger partial charge is 0.480 e. The highest BCUT2D eigenvalue weighted by Gasteiger charge is 2.49. The number of carbonyl (C=O) groups is 2. The van der Waals surface area contributed by atoms with Crippen molar-refractivity contribution in [3.63, 3.8) is 0 Å². The van der Waals surface area contributed by atoms with E-state index in [1.165, 1.54) is 7.11 Å². The monoisotopic (exact) mass is 288 g/mol. The fraction of sp³-hybridized carbons (Fsp3) is 0.846. The molecule has 116 valence electrons. The SMILES string of the molecule is CCOC1CC(NC(=O)NC(COC)C(=O)O)C1(C)C. The number of carboxylic acid groups (broad SMARTS) is 1. The molecular formula is C13H24N2O5. The van der Waals surface area contributed by atoms with Gasteiger partial charge in [-0.1, -0.05) is 13.8 Å². The first-order valence-corrected chi connectivity index (χ1v) is 6.73. The number of urea groups is 1. The molecule has 20 heavy (non-hydrogen) atoms. The summed E-state index contributed by atoms with van der Waals surface area (Å²) in [6.45, 7) is 6.54. The Bertz CT molecular complexity index is 359. The first-order valence-electron chi connectivity index (χ1n) is 6.73. The number of aliphatic carboxylic acids is 1. The molecule has 0 spiro atoms. The van der Waals surface area contributed by atoms with Crippen molar-refractivity contribution in [1.29, 1.82) is 0 Å². The van der Waals surface area contributed by atoms with Crippen molar-refractivity contribution in [3.8, 4) is 0 Å². The molecule has 1 aliphatic carbocycles. The van der Waals surface area contributed by atoms with Gasteiger partial charge in [-0.2, -0.15) is 0 Å². The molecule has 1 rings (SSSR count). The lowest BCUT2D eigenvalue weighted by atomic mass is 9.64. The number of rotatable bonds is 7. The van der Waals surface area contributed by atoms with E-state index >= 15 is 0 Å². The van der Waals surface area contributed by atoms with Crippen molar-refractivity contribution >= 4 is 12.0 Å². The predicted molar refractivity (Wildman–Crippen MR) is 72.6 cm³/mol. The zero-order valence-corrected chi connectivity index (χ0v) is 12.4. The molecule has 0 aromatic heterocycles. The van der Waals surface area contributed by atoms with Crippen molar-refractivity contribution in [3.05, 3.63) is 0 Å². The molecule has 1 fully saturated rings. The lowest BCUT2D eigenvalue weighted by Gasteiger charge is -2.51. The number of carbonyl (C=O) groups excluding carboxylic acids is 1. The Morgan fingerprint density at radius 1 is 1.45 bits per heavy atom. The summed E-state index contributed by atoms with van der Waals surface area (Å²) < 4.78 is 10.3. The van der Waals surface area contributed by atoms with Gasteiger partial charge >= 0.3 is 12.0 Å². The minimum atomic E-state index is -1.12. The molecule has 0 aromatic rings. The number of nitrogens with one attached hydrogen (secondary N) is 2. The van der Waals surface area contributed by atoms with E-state index in [-0.39, 0.29) is 24.2 Å². The van der Waals surface area contributed by atoms with Crippen LogP contribution >= 0.6 is 0 Å². The van der Waals surface area contributed by atoms with E-state index in [1.54, 1.807) is 0 Å². The van der Waals surface area contributed by atoms with E-state index < -0.39 is 18.0 Å². The van der Waals surface area contributed by atoms with Crippen LogP contribution in [0.4, 0.5) is 4.79 Å². The smallest absolute Gasteiger partial charge is 0.328 e. The molecule has 3 N–H and O–H groups in total. The molecule has 0 heterocycles. The first kappa shape index (κ1) is 16.7. The van der Waals surface area contributed by atoms with E-state index in [1.807, 2.05) is 20.8 Å². The summed E-state index contributed by atoms with van der Waals surface area (Å²) in [5, 5.41) is 14.1. The standard InChI is InChI=1S/C13H24N2O5/c1-5-20-10-6-9(13(10,2)3)15-12(18)14-8(7-19-4)11(16)17/h8-10H,5-7H2,1-4H3,(H,16,17)(H2,14,15,18). The average molecular weight is 288 g/mol. The van der Waals surface area contributed by atoms with Gasteiger partial charge in [0.15, 0.2) is 6.04 Å². The molecule has 0 saturated heterocycles. The second-order valence-corrected chi connectivity index (χ2v) is 5.52. The lowest BCUT2D eigenvalue weighted by Crippen LogP contribution is -2.64. The summed E-state index contributed by atoms with van der Waals surface area (Å²) in [4.78, 5) is 22.7. The highest BCUT2D eigenvalue weighted by Crippen LogP contribution is 2.42. The van der Waals surface area contributed by atoms with Gasteiger partial charge in [0.1, 0.15) is 0 Å². The molecule has 1 aliphatic rings. The van der Waals surface area contributed by atoms with Crippen LogP contribution in [0.15, 0.2) is 0 Å². The van der Waals surface area contributed by atoms with Crippen LogP contribution in [0.2, 0.25) is 0 Å². The molecule has 1 saturated carbocycles. The Kier molecular flexibility index (Phi) is 5.76. The van der Waals surface area contributed by atoms with Gasteiger partial charge in [-0.15, -0.1) is 0 Å². The number of hydrogen-bond donors (Lipinski definition) is 3. The lowest BCUT2D eigenvalue weighted by molar-refractivity contribution is -0.140. The van der Waals surface area contributed by atoms with Gasteiger partial charge in [0.25, 0.3) is 0 Å². The van der Waals surface area contributed by atoms with Crippen LogP contribution in [0.25, 0.3) is 0 Å². The fourth-order valence-corrected chi connectivity index (χ4v) is 2.31. The number of methoxy groups -OCH3 is 1. The summed E-state index contributed by atoms with van der Waals surface area (Å²) in [6.07, 6.45) is 0.850. The average Bonchev–Trinajstić information content (AvgIpc) is 2.37. The highest BCUT2D eigenvalue weighted by molar-refractivity contribution is 5.82. The van der Waals surface area contributed by atoms with Gasteiger partial charge in [0, 0.05) is 25.2 Å². The van der Waals surface area contributed by atoms with Gasteiger partial charge < -0.3 is 25.2 Å². The van der Waals surface area contributed by atoms with Crippen molar-refractivity contribution < 1.29 is 24.2 Å². The molecule has 3 atom stereocenters. The topological polar surface area (TPSA) is 96.9 Å². The van der Waals surface area contributed by atoms with Crippen molar-refractivity contribution in [2.45, 2.75) is 45.4 Å². The van der Waals surface area contributed by atoms with Gasteiger partial charge in [-0.05, 0) is 13.3 Å². The van der Waals surface area contributed by atoms with E-state index in [4.69, 9.17) is 14.6 Å². The molecule has 7 nitrogen and oxygen atoms in total. The van der Waals surface area contributed by atoms with Crippen LogP contribution in [-0.4, -0.2) is 55.6 Å². The number of amides is 2. The second kappa shape index (κ2) is 6.90. The van der Waals surface area contributed by atoms with Gasteiger partial charge in [0.2, 0.25) is 0 Å². The van der Waals surface area contributed by atoms with Crippen LogP contribution < -0.4 is 10.6 Å². The second-order valence-electron chi connectivity index (χ2n) is 5.52.